The van der Waals surface area contributed by atoms with Crippen LogP contribution in [0.4, 0.5) is 0 Å². The Kier molecular flexibility index (Phi) is 4.68. The van der Waals surface area contributed by atoms with Gasteiger partial charge in [0.2, 0.25) is 8.32 Å². The minimum atomic E-state index is -1.65. The number of rotatable bonds is 4. The maximum atomic E-state index is 9.06. The summed E-state index contributed by atoms with van der Waals surface area (Å²) in [5.41, 5.74) is 3.74. The molecular formula is C11H15BrN2OSi. The summed E-state index contributed by atoms with van der Waals surface area (Å²) in [5.74, 6) is 0. The van der Waals surface area contributed by atoms with E-state index in [-0.39, 0.29) is 0 Å². The van der Waals surface area contributed by atoms with Gasteiger partial charge in [0, 0.05) is 4.47 Å². The molecule has 0 saturated heterocycles. The van der Waals surface area contributed by atoms with Crippen LogP contribution in [0.15, 0.2) is 28.7 Å². The van der Waals surface area contributed by atoms with Crippen molar-refractivity contribution in [3.63, 3.8) is 0 Å². The van der Waals surface area contributed by atoms with Crippen LogP contribution >= 0.6 is 15.9 Å². The fourth-order valence-electron chi connectivity index (χ4n) is 1.06. The molecular weight excluding hydrogens is 284 g/mol. The van der Waals surface area contributed by atoms with Gasteiger partial charge in [-0.1, -0.05) is 28.1 Å². The second-order valence-electron chi connectivity index (χ2n) is 4.45. The number of halogens is 1. The Labute approximate surface area is 106 Å². The smallest absolute Gasteiger partial charge is 0.211 e. The number of nitrogens with zero attached hydrogens (tertiary/aromatic N) is 1. The Bertz CT molecular complexity index is 380. The summed E-state index contributed by atoms with van der Waals surface area (Å²) < 4.78 is 6.52. The van der Waals surface area contributed by atoms with E-state index >= 15 is 0 Å². The van der Waals surface area contributed by atoms with E-state index in [1.165, 1.54) is 0 Å². The molecule has 86 valence electrons. The molecule has 0 aliphatic heterocycles. The lowest BCUT2D eigenvalue weighted by molar-refractivity contribution is 0.167. The van der Waals surface area contributed by atoms with E-state index in [1.807, 2.05) is 24.3 Å². The Morgan fingerprint density at radius 2 is 1.88 bits per heavy atom. The summed E-state index contributed by atoms with van der Waals surface area (Å²) in [6, 6.07) is 9.39. The van der Waals surface area contributed by atoms with Crippen molar-refractivity contribution in [1.29, 1.82) is 5.26 Å². The van der Waals surface area contributed by atoms with Gasteiger partial charge < -0.3 is 4.53 Å². The van der Waals surface area contributed by atoms with E-state index in [9.17, 15) is 0 Å². The summed E-state index contributed by atoms with van der Waals surface area (Å²) in [5, 5.41) is 9.06. The first-order chi connectivity index (χ1) is 7.42. The highest BCUT2D eigenvalue weighted by atomic mass is 79.9. The van der Waals surface area contributed by atoms with Crippen molar-refractivity contribution in [1.82, 2.24) is 5.48 Å². The summed E-state index contributed by atoms with van der Waals surface area (Å²) >= 11 is 3.36. The predicted octanol–water partition coefficient (Wildman–Crippen LogP) is 3.37. The van der Waals surface area contributed by atoms with Gasteiger partial charge in [0.05, 0.1) is 6.07 Å². The van der Waals surface area contributed by atoms with E-state index in [1.54, 1.807) is 0 Å². The zero-order chi connectivity index (χ0) is 12.2. The molecule has 0 heterocycles. The van der Waals surface area contributed by atoms with Crippen LogP contribution in [-0.4, -0.2) is 8.32 Å². The maximum Gasteiger partial charge on any atom is 0.211 e. The van der Waals surface area contributed by atoms with Gasteiger partial charge in [0.15, 0.2) is 0 Å². The van der Waals surface area contributed by atoms with E-state index in [0.29, 0.717) is 0 Å². The van der Waals surface area contributed by atoms with E-state index in [0.717, 1.165) is 10.0 Å². The second-order valence-corrected chi connectivity index (χ2v) is 9.79. The number of nitriles is 1. The van der Waals surface area contributed by atoms with Gasteiger partial charge in [-0.2, -0.15) is 10.7 Å². The zero-order valence-corrected chi connectivity index (χ0v) is 12.2. The SMILES string of the molecule is C[Si](C)(C)ONC(C#N)c1ccc(Br)cc1. The summed E-state index contributed by atoms with van der Waals surface area (Å²) in [6.07, 6.45) is 0. The number of hydroxylamine groups is 1. The Balaban J connectivity index is 2.69. The van der Waals surface area contributed by atoms with Gasteiger partial charge in [-0.3, -0.25) is 0 Å². The molecule has 0 aliphatic carbocycles. The summed E-state index contributed by atoms with van der Waals surface area (Å²) in [7, 11) is -1.65. The third-order valence-corrected chi connectivity index (χ3v) is 3.07. The number of nitrogens with one attached hydrogen (secondary N) is 1. The van der Waals surface area contributed by atoms with Crippen LogP contribution in [0.1, 0.15) is 11.6 Å². The molecule has 0 amide bonds. The number of benzene rings is 1. The third kappa shape index (κ3) is 4.45. The van der Waals surface area contributed by atoms with Gasteiger partial charge in [0.25, 0.3) is 0 Å². The van der Waals surface area contributed by atoms with Gasteiger partial charge in [-0.15, -0.1) is 0 Å². The van der Waals surface area contributed by atoms with Gasteiger partial charge >= 0.3 is 0 Å². The summed E-state index contributed by atoms with van der Waals surface area (Å²) in [6.45, 7) is 6.20. The first-order valence-corrected chi connectivity index (χ1v) is 9.21. The van der Waals surface area contributed by atoms with Gasteiger partial charge in [-0.25, -0.2) is 0 Å². The third-order valence-electron chi connectivity index (χ3n) is 1.82. The first kappa shape index (κ1) is 13.4. The van der Waals surface area contributed by atoms with Crippen LogP contribution < -0.4 is 5.48 Å². The molecule has 0 radical (unpaired) electrons. The van der Waals surface area contributed by atoms with Crippen LogP contribution in [-0.2, 0) is 4.53 Å². The van der Waals surface area contributed by atoms with Crippen LogP contribution in [0, 0.1) is 11.3 Å². The molecule has 1 atom stereocenters. The molecule has 0 spiro atoms. The van der Waals surface area contributed by atoms with Crippen molar-refractivity contribution in [3.05, 3.63) is 34.3 Å². The lowest BCUT2D eigenvalue weighted by Gasteiger charge is -2.20. The second kappa shape index (κ2) is 5.59. The largest absolute Gasteiger partial charge is 0.344 e. The molecule has 3 nitrogen and oxygen atoms in total. The highest BCUT2D eigenvalue weighted by molar-refractivity contribution is 9.10. The minimum Gasteiger partial charge on any atom is -0.344 e. The molecule has 0 fully saturated rings. The molecule has 1 rings (SSSR count). The first-order valence-electron chi connectivity index (χ1n) is 5.01. The molecule has 1 unspecified atom stereocenters. The van der Waals surface area contributed by atoms with Gasteiger partial charge in [-0.05, 0) is 37.3 Å². The van der Waals surface area contributed by atoms with Crippen LogP contribution in [0.3, 0.4) is 0 Å². The minimum absolute atomic E-state index is 0.417. The Morgan fingerprint density at radius 3 is 2.31 bits per heavy atom. The average molecular weight is 299 g/mol. The van der Waals surface area contributed by atoms with E-state index in [2.05, 4.69) is 47.1 Å². The predicted molar refractivity (Wildman–Crippen MR) is 70.1 cm³/mol. The van der Waals surface area contributed by atoms with Crippen LogP contribution in [0.25, 0.3) is 0 Å². The molecule has 0 aliphatic rings. The molecule has 0 saturated carbocycles. The zero-order valence-electron chi connectivity index (χ0n) is 9.62. The standard InChI is InChI=1S/C11H15BrN2OSi/c1-16(2,3)15-14-11(8-13)9-4-6-10(12)7-5-9/h4-7,11,14H,1-3H3. The molecule has 1 aromatic carbocycles. The maximum absolute atomic E-state index is 9.06. The van der Waals surface area contributed by atoms with Crippen LogP contribution in [0.2, 0.25) is 19.6 Å². The Hall–Kier alpha value is -0.673. The van der Waals surface area contributed by atoms with Crippen molar-refractivity contribution < 1.29 is 4.53 Å². The quantitative estimate of drug-likeness (QED) is 0.685. The molecule has 16 heavy (non-hydrogen) atoms. The van der Waals surface area contributed by atoms with Crippen molar-refractivity contribution in [3.8, 4) is 6.07 Å². The van der Waals surface area contributed by atoms with Crippen molar-refractivity contribution in [2.45, 2.75) is 25.7 Å². The topological polar surface area (TPSA) is 45.0 Å². The van der Waals surface area contributed by atoms with Crippen molar-refractivity contribution in [2.75, 3.05) is 0 Å². The molecule has 0 aromatic heterocycles. The van der Waals surface area contributed by atoms with Crippen molar-refractivity contribution in [2.24, 2.45) is 0 Å². The fraction of sp³-hybridized carbons (Fsp3) is 0.364. The monoisotopic (exact) mass is 298 g/mol. The molecule has 0 bridgehead atoms. The van der Waals surface area contributed by atoms with Crippen molar-refractivity contribution >= 4 is 24.2 Å². The lowest BCUT2D eigenvalue weighted by Crippen LogP contribution is -2.35. The highest BCUT2D eigenvalue weighted by Crippen LogP contribution is 2.17. The Morgan fingerprint density at radius 1 is 1.31 bits per heavy atom. The average Bonchev–Trinajstić information content (AvgIpc) is 2.20. The van der Waals surface area contributed by atoms with Crippen LogP contribution in [0.5, 0.6) is 0 Å². The van der Waals surface area contributed by atoms with E-state index in [4.69, 9.17) is 9.79 Å². The number of hydrogen-bond acceptors (Lipinski definition) is 3. The lowest BCUT2D eigenvalue weighted by atomic mass is 10.1. The fourth-order valence-corrected chi connectivity index (χ4v) is 1.80. The normalized spacial score (nSPS) is 13.2. The van der Waals surface area contributed by atoms with E-state index < -0.39 is 14.4 Å². The molecule has 1 aromatic rings. The molecule has 5 heteroatoms. The van der Waals surface area contributed by atoms with Gasteiger partial charge in [0.1, 0.15) is 6.04 Å². The number of hydrogen-bond donors (Lipinski definition) is 1. The summed E-state index contributed by atoms with van der Waals surface area (Å²) in [4.78, 5) is 0. The molecule has 1 N–H and O–H groups in total. The highest BCUT2D eigenvalue weighted by Gasteiger charge is 2.18.